The van der Waals surface area contributed by atoms with Gasteiger partial charge in [-0.25, -0.2) is 4.79 Å². The Morgan fingerprint density at radius 3 is 2.18 bits per heavy atom. The highest BCUT2D eigenvalue weighted by molar-refractivity contribution is 5.72. The van der Waals surface area contributed by atoms with Gasteiger partial charge in [-0.05, 0) is 0 Å². The third-order valence-corrected chi connectivity index (χ3v) is 3.25. The fraction of sp³-hybridized carbons (Fsp3) is 0.909. The van der Waals surface area contributed by atoms with Crippen LogP contribution in [0.4, 0.5) is 0 Å². The number of ether oxygens (including phenoxy) is 2. The standard InChI is InChI=1S/C11H20O11/c12-1-4-6(15)7(16)9(18)11(22-4)21-2-3(13)5(14)8(17)10(19)20/h3-9,11-18H,1-2H2,(H,19,20)/t3-,4-,5-,6-,7+,8+,9-,11+/m1/s1. The van der Waals surface area contributed by atoms with E-state index in [4.69, 9.17) is 24.8 Å². The van der Waals surface area contributed by atoms with Crippen molar-refractivity contribution in [3.8, 4) is 0 Å². The molecule has 0 aromatic carbocycles. The van der Waals surface area contributed by atoms with Crippen molar-refractivity contribution >= 4 is 5.97 Å². The van der Waals surface area contributed by atoms with Crippen LogP contribution in [0.1, 0.15) is 0 Å². The van der Waals surface area contributed by atoms with Gasteiger partial charge in [-0.1, -0.05) is 0 Å². The molecule has 8 atom stereocenters. The molecule has 1 aliphatic rings. The van der Waals surface area contributed by atoms with Crippen molar-refractivity contribution in [1.29, 1.82) is 0 Å². The van der Waals surface area contributed by atoms with Crippen LogP contribution in [-0.4, -0.2) is 109 Å². The Hall–Kier alpha value is -0.890. The molecule has 11 heteroatoms. The van der Waals surface area contributed by atoms with Gasteiger partial charge >= 0.3 is 5.97 Å². The van der Waals surface area contributed by atoms with Crippen LogP contribution in [0.2, 0.25) is 0 Å². The normalized spacial score (nSPS) is 36.6. The lowest BCUT2D eigenvalue weighted by atomic mass is 9.99. The lowest BCUT2D eigenvalue weighted by molar-refractivity contribution is -0.306. The number of aliphatic hydroxyl groups is 7. The number of hydrogen-bond acceptors (Lipinski definition) is 10. The fourth-order valence-corrected chi connectivity index (χ4v) is 1.85. The number of carbonyl (C=O) groups is 1. The largest absolute Gasteiger partial charge is 0.479 e. The molecule has 11 nitrogen and oxygen atoms in total. The lowest BCUT2D eigenvalue weighted by Crippen LogP contribution is -2.59. The van der Waals surface area contributed by atoms with E-state index in [1.807, 2.05) is 0 Å². The molecule has 0 unspecified atom stereocenters. The Labute approximate surface area is 124 Å². The second-order valence-corrected chi connectivity index (χ2v) is 4.87. The molecule has 0 amide bonds. The minimum absolute atomic E-state index is 0.673. The predicted octanol–water partition coefficient (Wildman–Crippen LogP) is -5.03. The third-order valence-electron chi connectivity index (χ3n) is 3.25. The van der Waals surface area contributed by atoms with Crippen molar-refractivity contribution in [3.05, 3.63) is 0 Å². The van der Waals surface area contributed by atoms with Gasteiger partial charge in [0.05, 0.1) is 13.2 Å². The maximum Gasteiger partial charge on any atom is 0.335 e. The highest BCUT2D eigenvalue weighted by atomic mass is 16.7. The highest BCUT2D eigenvalue weighted by Gasteiger charge is 2.44. The molecule has 0 saturated carbocycles. The van der Waals surface area contributed by atoms with Crippen molar-refractivity contribution < 1.29 is 55.1 Å². The molecule has 0 aliphatic carbocycles. The molecular formula is C11H20O11. The first-order valence-corrected chi connectivity index (χ1v) is 6.39. The van der Waals surface area contributed by atoms with Crippen molar-refractivity contribution in [2.75, 3.05) is 13.2 Å². The summed E-state index contributed by atoms with van der Waals surface area (Å²) in [4.78, 5) is 10.4. The number of carboxylic acids is 1. The molecule has 8 N–H and O–H groups in total. The molecule has 1 aliphatic heterocycles. The van der Waals surface area contributed by atoms with Gasteiger partial charge in [0.2, 0.25) is 0 Å². The Morgan fingerprint density at radius 1 is 1.09 bits per heavy atom. The Kier molecular flexibility index (Phi) is 7.05. The van der Waals surface area contributed by atoms with Crippen LogP contribution in [0.5, 0.6) is 0 Å². The van der Waals surface area contributed by atoms with E-state index in [1.54, 1.807) is 0 Å². The Bertz CT molecular complexity index is 362. The van der Waals surface area contributed by atoms with Gasteiger partial charge in [0.15, 0.2) is 12.4 Å². The Morgan fingerprint density at radius 2 is 1.68 bits per heavy atom. The van der Waals surface area contributed by atoms with E-state index in [1.165, 1.54) is 0 Å². The maximum atomic E-state index is 10.4. The summed E-state index contributed by atoms with van der Waals surface area (Å²) in [6.07, 6.45) is -13.8. The van der Waals surface area contributed by atoms with E-state index in [9.17, 15) is 30.3 Å². The fourth-order valence-electron chi connectivity index (χ4n) is 1.85. The van der Waals surface area contributed by atoms with E-state index in [2.05, 4.69) is 0 Å². The van der Waals surface area contributed by atoms with Crippen molar-refractivity contribution in [3.63, 3.8) is 0 Å². The number of rotatable bonds is 7. The van der Waals surface area contributed by atoms with E-state index in [-0.39, 0.29) is 0 Å². The second kappa shape index (κ2) is 8.10. The summed E-state index contributed by atoms with van der Waals surface area (Å²) in [7, 11) is 0. The second-order valence-electron chi connectivity index (χ2n) is 4.87. The van der Waals surface area contributed by atoms with Crippen LogP contribution in [0.25, 0.3) is 0 Å². The molecule has 0 spiro atoms. The van der Waals surface area contributed by atoms with E-state index >= 15 is 0 Å². The van der Waals surface area contributed by atoms with Gasteiger partial charge < -0.3 is 50.3 Å². The van der Waals surface area contributed by atoms with Crippen LogP contribution < -0.4 is 0 Å². The van der Waals surface area contributed by atoms with E-state index in [0.29, 0.717) is 0 Å². The quantitative estimate of drug-likeness (QED) is 0.222. The molecular weight excluding hydrogens is 308 g/mol. The van der Waals surface area contributed by atoms with Gasteiger partial charge in [0.1, 0.15) is 36.6 Å². The van der Waals surface area contributed by atoms with Gasteiger partial charge in [-0.2, -0.15) is 0 Å². The van der Waals surface area contributed by atoms with Crippen LogP contribution in [0, 0.1) is 0 Å². The molecule has 130 valence electrons. The molecule has 1 rings (SSSR count). The molecule has 1 saturated heterocycles. The van der Waals surface area contributed by atoms with Crippen molar-refractivity contribution in [2.45, 2.75) is 49.0 Å². The minimum atomic E-state index is -2.24. The van der Waals surface area contributed by atoms with E-state index in [0.717, 1.165) is 0 Å². The minimum Gasteiger partial charge on any atom is -0.479 e. The molecule has 1 fully saturated rings. The molecule has 0 radical (unpaired) electrons. The Balaban J connectivity index is 2.57. The number of aliphatic hydroxyl groups excluding tert-OH is 7. The molecule has 0 aromatic heterocycles. The zero-order chi connectivity index (χ0) is 17.0. The average molecular weight is 328 g/mol. The third kappa shape index (κ3) is 4.32. The van der Waals surface area contributed by atoms with E-state index < -0.39 is 68.2 Å². The lowest BCUT2D eigenvalue weighted by Gasteiger charge is -2.39. The maximum absolute atomic E-state index is 10.4. The van der Waals surface area contributed by atoms with Crippen LogP contribution >= 0.6 is 0 Å². The van der Waals surface area contributed by atoms with Crippen molar-refractivity contribution in [2.24, 2.45) is 0 Å². The summed E-state index contributed by atoms with van der Waals surface area (Å²) in [5.41, 5.74) is 0. The van der Waals surface area contributed by atoms with Crippen LogP contribution in [-0.2, 0) is 14.3 Å². The highest BCUT2D eigenvalue weighted by Crippen LogP contribution is 2.22. The summed E-state index contributed by atoms with van der Waals surface area (Å²) in [5.74, 6) is -1.75. The summed E-state index contributed by atoms with van der Waals surface area (Å²) in [6, 6.07) is 0. The van der Waals surface area contributed by atoms with Gasteiger partial charge in [0, 0.05) is 0 Å². The molecule has 22 heavy (non-hydrogen) atoms. The molecule has 0 aromatic rings. The molecule has 1 heterocycles. The van der Waals surface area contributed by atoms with Gasteiger partial charge in [-0.15, -0.1) is 0 Å². The number of carboxylic acid groups (broad SMARTS) is 1. The van der Waals surface area contributed by atoms with Crippen LogP contribution in [0.15, 0.2) is 0 Å². The zero-order valence-corrected chi connectivity index (χ0v) is 11.3. The first kappa shape index (κ1) is 19.2. The summed E-state index contributed by atoms with van der Waals surface area (Å²) in [6.45, 7) is -1.41. The van der Waals surface area contributed by atoms with Gasteiger partial charge in [0.25, 0.3) is 0 Å². The topological polar surface area (TPSA) is 197 Å². The van der Waals surface area contributed by atoms with Crippen LogP contribution in [0.3, 0.4) is 0 Å². The SMILES string of the molecule is O=C(O)[C@@H](O)[C@H](O)[C@H](O)CO[C@H]1O[C@H](CO)[C@@H](O)[C@H](O)[C@H]1O. The monoisotopic (exact) mass is 328 g/mol. The number of aliphatic carboxylic acids is 1. The summed E-state index contributed by atoms with van der Waals surface area (Å²) in [5, 5.41) is 74.0. The predicted molar refractivity (Wildman–Crippen MR) is 65.4 cm³/mol. The summed E-state index contributed by atoms with van der Waals surface area (Å²) < 4.78 is 9.86. The molecule has 0 bridgehead atoms. The number of hydrogen-bond donors (Lipinski definition) is 8. The first-order chi connectivity index (χ1) is 10.2. The smallest absolute Gasteiger partial charge is 0.335 e. The average Bonchev–Trinajstić information content (AvgIpc) is 2.50. The van der Waals surface area contributed by atoms with Gasteiger partial charge in [-0.3, -0.25) is 0 Å². The van der Waals surface area contributed by atoms with Crippen molar-refractivity contribution in [1.82, 2.24) is 0 Å². The first-order valence-electron chi connectivity index (χ1n) is 6.39. The summed E-state index contributed by atoms with van der Waals surface area (Å²) >= 11 is 0. The zero-order valence-electron chi connectivity index (χ0n) is 11.3.